The van der Waals surface area contributed by atoms with Gasteiger partial charge in [0.25, 0.3) is 11.6 Å². The summed E-state index contributed by atoms with van der Waals surface area (Å²) >= 11 is 10.6. The second-order valence-corrected chi connectivity index (χ2v) is 6.18. The summed E-state index contributed by atoms with van der Waals surface area (Å²) in [6.45, 7) is 0.304. The predicted molar refractivity (Wildman–Crippen MR) is 81.3 cm³/mol. The van der Waals surface area contributed by atoms with Crippen molar-refractivity contribution < 1.29 is 9.72 Å². The van der Waals surface area contributed by atoms with Crippen LogP contribution in [0.1, 0.15) is 15.2 Å². The van der Waals surface area contributed by atoms with Crippen LogP contribution in [-0.2, 0) is 6.54 Å². The lowest BCUT2D eigenvalue weighted by molar-refractivity contribution is -0.385. The van der Waals surface area contributed by atoms with E-state index in [0.717, 1.165) is 9.35 Å². The molecule has 1 heterocycles. The van der Waals surface area contributed by atoms with E-state index in [-0.39, 0.29) is 16.3 Å². The zero-order valence-electron chi connectivity index (χ0n) is 9.93. The Bertz CT molecular complexity index is 674. The van der Waals surface area contributed by atoms with Crippen LogP contribution in [0.5, 0.6) is 0 Å². The molecule has 20 heavy (non-hydrogen) atoms. The van der Waals surface area contributed by atoms with Crippen LogP contribution in [0.3, 0.4) is 0 Å². The van der Waals surface area contributed by atoms with Crippen LogP contribution in [0.15, 0.2) is 34.1 Å². The minimum Gasteiger partial charge on any atom is -0.347 e. The van der Waals surface area contributed by atoms with Crippen molar-refractivity contribution in [2.24, 2.45) is 0 Å². The SMILES string of the molecule is O=C(NCc1cc(Br)cs1)c1cc(Cl)ccc1[N+](=O)[O-]. The molecule has 0 fully saturated rings. The third-order valence-electron chi connectivity index (χ3n) is 2.44. The number of nitro groups is 1. The Morgan fingerprint density at radius 1 is 1.45 bits per heavy atom. The fourth-order valence-corrected chi connectivity index (χ4v) is 3.12. The molecule has 1 aromatic heterocycles. The Morgan fingerprint density at radius 3 is 2.80 bits per heavy atom. The van der Waals surface area contributed by atoms with Gasteiger partial charge in [-0.1, -0.05) is 11.6 Å². The van der Waals surface area contributed by atoms with Gasteiger partial charge >= 0.3 is 0 Å². The van der Waals surface area contributed by atoms with E-state index in [0.29, 0.717) is 6.54 Å². The highest BCUT2D eigenvalue weighted by Crippen LogP contribution is 2.23. The van der Waals surface area contributed by atoms with Crippen molar-refractivity contribution in [3.8, 4) is 0 Å². The standard InChI is InChI=1S/C12H8BrClN2O3S/c13-7-3-9(20-6-7)5-15-12(17)10-4-8(14)1-2-11(10)16(18)19/h1-4,6H,5H2,(H,15,17). The molecule has 0 bridgehead atoms. The molecule has 1 aromatic carbocycles. The normalized spacial score (nSPS) is 10.3. The molecule has 0 aliphatic carbocycles. The summed E-state index contributed by atoms with van der Waals surface area (Å²) in [6.07, 6.45) is 0. The summed E-state index contributed by atoms with van der Waals surface area (Å²) in [5.41, 5.74) is -0.308. The minimum absolute atomic E-state index is 0.0434. The van der Waals surface area contributed by atoms with E-state index >= 15 is 0 Å². The van der Waals surface area contributed by atoms with E-state index in [1.165, 1.54) is 29.5 Å². The summed E-state index contributed by atoms with van der Waals surface area (Å²) in [5.74, 6) is -0.524. The van der Waals surface area contributed by atoms with Crippen LogP contribution in [0.2, 0.25) is 5.02 Å². The van der Waals surface area contributed by atoms with Crippen molar-refractivity contribution in [2.75, 3.05) is 0 Å². The average molecular weight is 376 g/mol. The number of benzene rings is 1. The number of thiophene rings is 1. The zero-order chi connectivity index (χ0) is 14.7. The van der Waals surface area contributed by atoms with Gasteiger partial charge in [0.05, 0.1) is 11.5 Å². The van der Waals surface area contributed by atoms with Crippen molar-refractivity contribution in [3.63, 3.8) is 0 Å². The molecule has 104 valence electrons. The van der Waals surface area contributed by atoms with Crippen molar-refractivity contribution in [1.29, 1.82) is 0 Å². The average Bonchev–Trinajstić information content (AvgIpc) is 2.81. The number of rotatable bonds is 4. The molecule has 0 radical (unpaired) electrons. The van der Waals surface area contributed by atoms with Crippen molar-refractivity contribution >= 4 is 50.5 Å². The van der Waals surface area contributed by atoms with Gasteiger partial charge in [-0.15, -0.1) is 11.3 Å². The van der Waals surface area contributed by atoms with Crippen molar-refractivity contribution in [2.45, 2.75) is 6.54 Å². The molecule has 2 rings (SSSR count). The Labute approximate surface area is 131 Å². The van der Waals surface area contributed by atoms with Crippen LogP contribution in [0, 0.1) is 10.1 Å². The van der Waals surface area contributed by atoms with Crippen LogP contribution in [-0.4, -0.2) is 10.8 Å². The third kappa shape index (κ3) is 3.56. The maximum atomic E-state index is 12.0. The van der Waals surface area contributed by atoms with Crippen LogP contribution in [0.25, 0.3) is 0 Å². The number of hydrogen-bond donors (Lipinski definition) is 1. The molecule has 1 N–H and O–H groups in total. The number of nitro benzene ring substituents is 1. The molecule has 0 atom stereocenters. The Balaban J connectivity index is 2.16. The topological polar surface area (TPSA) is 72.2 Å². The molecule has 0 unspecified atom stereocenters. The molecule has 0 saturated carbocycles. The molecule has 1 amide bonds. The molecule has 5 nitrogen and oxygen atoms in total. The Hall–Kier alpha value is -1.44. The Morgan fingerprint density at radius 2 is 2.20 bits per heavy atom. The summed E-state index contributed by atoms with van der Waals surface area (Å²) in [5, 5.41) is 15.7. The number of amides is 1. The van der Waals surface area contributed by atoms with Gasteiger partial charge in [-0.3, -0.25) is 14.9 Å². The molecular weight excluding hydrogens is 368 g/mol. The Kier molecular flexibility index (Phi) is 4.74. The smallest absolute Gasteiger partial charge is 0.282 e. The zero-order valence-corrected chi connectivity index (χ0v) is 13.1. The molecule has 2 aromatic rings. The number of carbonyl (C=O) groups is 1. The number of nitrogens with one attached hydrogen (secondary N) is 1. The van der Waals surface area contributed by atoms with E-state index < -0.39 is 10.8 Å². The lowest BCUT2D eigenvalue weighted by atomic mass is 10.1. The monoisotopic (exact) mass is 374 g/mol. The quantitative estimate of drug-likeness (QED) is 0.648. The molecule has 8 heteroatoms. The van der Waals surface area contributed by atoms with Gasteiger partial charge in [0.1, 0.15) is 5.56 Å². The fourth-order valence-electron chi connectivity index (χ4n) is 1.56. The van der Waals surface area contributed by atoms with Gasteiger partial charge < -0.3 is 5.32 Å². The number of hydrogen-bond acceptors (Lipinski definition) is 4. The van der Waals surface area contributed by atoms with E-state index in [1.807, 2.05) is 11.4 Å². The van der Waals surface area contributed by atoms with Gasteiger partial charge in [0, 0.05) is 25.8 Å². The van der Waals surface area contributed by atoms with Crippen molar-refractivity contribution in [3.05, 3.63) is 59.7 Å². The van der Waals surface area contributed by atoms with E-state index in [9.17, 15) is 14.9 Å². The van der Waals surface area contributed by atoms with Crippen LogP contribution < -0.4 is 5.32 Å². The summed E-state index contributed by atoms with van der Waals surface area (Å²) in [6, 6.07) is 5.77. The highest BCUT2D eigenvalue weighted by Gasteiger charge is 2.20. The minimum atomic E-state index is -0.604. The fraction of sp³-hybridized carbons (Fsp3) is 0.0833. The summed E-state index contributed by atoms with van der Waals surface area (Å²) < 4.78 is 0.931. The summed E-state index contributed by atoms with van der Waals surface area (Å²) in [7, 11) is 0. The van der Waals surface area contributed by atoms with Crippen LogP contribution >= 0.6 is 38.9 Å². The van der Waals surface area contributed by atoms with E-state index in [4.69, 9.17) is 11.6 Å². The molecule has 0 spiro atoms. The predicted octanol–water partition coefficient (Wildman–Crippen LogP) is 4.00. The number of halogens is 2. The first kappa shape index (κ1) is 15.0. The third-order valence-corrected chi connectivity index (χ3v) is 4.38. The highest BCUT2D eigenvalue weighted by atomic mass is 79.9. The number of nitrogens with zero attached hydrogens (tertiary/aromatic N) is 1. The first-order valence-corrected chi connectivity index (χ1v) is 7.47. The van der Waals surface area contributed by atoms with Gasteiger partial charge in [-0.05, 0) is 34.1 Å². The van der Waals surface area contributed by atoms with Crippen LogP contribution in [0.4, 0.5) is 5.69 Å². The lowest BCUT2D eigenvalue weighted by Crippen LogP contribution is -2.23. The van der Waals surface area contributed by atoms with Gasteiger partial charge in [0.2, 0.25) is 0 Å². The second-order valence-electron chi connectivity index (χ2n) is 3.83. The largest absolute Gasteiger partial charge is 0.347 e. The van der Waals surface area contributed by atoms with E-state index in [1.54, 1.807) is 0 Å². The molecule has 0 aliphatic heterocycles. The number of carbonyl (C=O) groups excluding carboxylic acids is 1. The van der Waals surface area contributed by atoms with Gasteiger partial charge in [-0.25, -0.2) is 0 Å². The summed E-state index contributed by atoms with van der Waals surface area (Å²) in [4.78, 5) is 23.2. The molecular formula is C12H8BrClN2O3S. The lowest BCUT2D eigenvalue weighted by Gasteiger charge is -2.05. The first-order valence-electron chi connectivity index (χ1n) is 5.42. The molecule has 0 saturated heterocycles. The highest BCUT2D eigenvalue weighted by molar-refractivity contribution is 9.10. The van der Waals surface area contributed by atoms with Crippen molar-refractivity contribution in [1.82, 2.24) is 5.32 Å². The molecule has 0 aliphatic rings. The first-order chi connectivity index (χ1) is 9.47. The van der Waals surface area contributed by atoms with E-state index in [2.05, 4.69) is 21.2 Å². The van der Waals surface area contributed by atoms with Gasteiger partial charge in [0.15, 0.2) is 0 Å². The second kappa shape index (κ2) is 6.34. The van der Waals surface area contributed by atoms with Gasteiger partial charge in [-0.2, -0.15) is 0 Å². The maximum absolute atomic E-state index is 12.0. The maximum Gasteiger partial charge on any atom is 0.282 e.